The second-order valence-corrected chi connectivity index (χ2v) is 9.90. The van der Waals surface area contributed by atoms with Crippen LogP contribution in [-0.2, 0) is 12.8 Å². The second kappa shape index (κ2) is 10.4. The SMILES string of the molecule is CN(C)CCC[N+]1=c2ccc(=C(c3ccc(N)cc3)c3ccc(N)cc3)cc2CCc2ccccc21. The number of hydrogen-bond donors (Lipinski definition) is 2. The van der Waals surface area contributed by atoms with Crippen molar-refractivity contribution in [2.24, 2.45) is 0 Å². The van der Waals surface area contributed by atoms with Crippen molar-refractivity contribution in [2.45, 2.75) is 19.3 Å². The minimum Gasteiger partial charge on any atom is -0.399 e. The van der Waals surface area contributed by atoms with Gasteiger partial charge in [-0.3, -0.25) is 0 Å². The molecule has 0 saturated heterocycles. The van der Waals surface area contributed by atoms with Crippen LogP contribution in [0.25, 0.3) is 5.57 Å². The fourth-order valence-corrected chi connectivity index (χ4v) is 5.17. The Kier molecular flexibility index (Phi) is 6.88. The van der Waals surface area contributed by atoms with E-state index in [-0.39, 0.29) is 0 Å². The van der Waals surface area contributed by atoms with Gasteiger partial charge >= 0.3 is 0 Å². The first-order chi connectivity index (χ1) is 17.5. The Hall–Kier alpha value is -3.89. The van der Waals surface area contributed by atoms with Gasteiger partial charge in [-0.2, -0.15) is 4.58 Å². The van der Waals surface area contributed by atoms with E-state index >= 15 is 0 Å². The van der Waals surface area contributed by atoms with Gasteiger partial charge in [-0.15, -0.1) is 0 Å². The summed E-state index contributed by atoms with van der Waals surface area (Å²) in [7, 11) is 4.28. The standard InChI is InChI=1S/C32H34N4/c1-35(2)20-5-21-36-30-7-4-3-6-23(30)8-9-26-22-27(14-19-31(26)36)32(24-10-15-28(33)16-11-24)25-12-17-29(34)18-13-25/h3-4,6-7,10-19,22H,5,8-9,20-21H2,1-2H3,(H3,33,34)/p+1. The van der Waals surface area contributed by atoms with Crippen molar-refractivity contribution in [3.8, 4) is 0 Å². The van der Waals surface area contributed by atoms with Crippen LogP contribution in [0.5, 0.6) is 0 Å². The quantitative estimate of drug-likeness (QED) is 0.328. The van der Waals surface area contributed by atoms with Crippen LogP contribution in [0.4, 0.5) is 17.1 Å². The van der Waals surface area contributed by atoms with E-state index in [9.17, 15) is 0 Å². The molecule has 0 saturated carbocycles. The second-order valence-electron chi connectivity index (χ2n) is 9.90. The van der Waals surface area contributed by atoms with Crippen molar-refractivity contribution < 1.29 is 0 Å². The highest BCUT2D eigenvalue weighted by Crippen LogP contribution is 2.24. The maximum absolute atomic E-state index is 6.01. The van der Waals surface area contributed by atoms with Crippen LogP contribution >= 0.6 is 0 Å². The topological polar surface area (TPSA) is 58.3 Å². The smallest absolute Gasteiger partial charge is 0.208 e. The van der Waals surface area contributed by atoms with E-state index in [0.29, 0.717) is 0 Å². The van der Waals surface area contributed by atoms with Gasteiger partial charge in [0.2, 0.25) is 11.0 Å². The minimum absolute atomic E-state index is 0.767. The molecule has 0 radical (unpaired) electrons. The summed E-state index contributed by atoms with van der Waals surface area (Å²) in [5.41, 5.74) is 21.2. The fraction of sp³-hybridized carbons (Fsp3) is 0.219. The molecule has 4 aromatic carbocycles. The molecule has 1 aliphatic rings. The zero-order valence-corrected chi connectivity index (χ0v) is 21.2. The third-order valence-electron chi connectivity index (χ3n) is 6.99. The summed E-state index contributed by atoms with van der Waals surface area (Å²) in [4.78, 5) is 2.26. The van der Waals surface area contributed by atoms with Crippen LogP contribution in [0.1, 0.15) is 28.7 Å². The molecule has 4 N–H and O–H groups in total. The Morgan fingerprint density at radius 3 is 2.00 bits per heavy atom. The first kappa shape index (κ1) is 23.8. The van der Waals surface area contributed by atoms with Crippen molar-refractivity contribution >= 4 is 22.6 Å². The number of benzene rings is 4. The number of hydrogen-bond acceptors (Lipinski definition) is 3. The molecule has 0 aromatic heterocycles. The van der Waals surface area contributed by atoms with Gasteiger partial charge in [-0.1, -0.05) is 42.5 Å². The Morgan fingerprint density at radius 1 is 0.750 bits per heavy atom. The molecule has 0 amide bonds. The summed E-state index contributed by atoms with van der Waals surface area (Å²) in [6.07, 6.45) is 3.16. The summed E-state index contributed by atoms with van der Waals surface area (Å²) in [5, 5.41) is 2.53. The number of nitrogen functional groups attached to an aromatic ring is 2. The molecule has 0 bridgehead atoms. The molecular weight excluding hydrogens is 440 g/mol. The van der Waals surface area contributed by atoms with Crippen LogP contribution in [0, 0.1) is 0 Å². The van der Waals surface area contributed by atoms with Crippen molar-refractivity contribution in [1.29, 1.82) is 0 Å². The molecule has 0 aliphatic carbocycles. The van der Waals surface area contributed by atoms with Gasteiger partial charge in [0.25, 0.3) is 0 Å². The van der Waals surface area contributed by atoms with Crippen LogP contribution in [0.3, 0.4) is 0 Å². The number of aryl methyl sites for hydroxylation is 2. The van der Waals surface area contributed by atoms with Crippen molar-refractivity contribution in [3.63, 3.8) is 0 Å². The molecule has 0 atom stereocenters. The number of nitrogens with two attached hydrogens (primary N) is 2. The monoisotopic (exact) mass is 475 g/mol. The van der Waals surface area contributed by atoms with E-state index in [4.69, 9.17) is 11.5 Å². The van der Waals surface area contributed by atoms with Gasteiger partial charge in [0.05, 0.1) is 0 Å². The van der Waals surface area contributed by atoms with E-state index < -0.39 is 0 Å². The minimum atomic E-state index is 0.767. The molecule has 4 heteroatoms. The lowest BCUT2D eigenvalue weighted by Gasteiger charge is -2.11. The first-order valence-corrected chi connectivity index (χ1v) is 12.7. The average Bonchev–Trinajstić information content (AvgIpc) is 3.03. The maximum atomic E-state index is 6.01. The van der Waals surface area contributed by atoms with E-state index in [1.165, 1.54) is 33.0 Å². The zero-order valence-electron chi connectivity index (χ0n) is 21.2. The summed E-state index contributed by atoms with van der Waals surface area (Å²) in [6, 6.07) is 32.2. The predicted octanol–water partition coefficient (Wildman–Crippen LogP) is 3.97. The van der Waals surface area contributed by atoms with E-state index in [2.05, 4.69) is 90.3 Å². The molecule has 0 fully saturated rings. The first-order valence-electron chi connectivity index (χ1n) is 12.7. The van der Waals surface area contributed by atoms with Gasteiger partial charge in [0.1, 0.15) is 0 Å². The summed E-state index contributed by atoms with van der Waals surface area (Å²) in [5.74, 6) is 0. The van der Waals surface area contributed by atoms with Gasteiger partial charge in [-0.05, 0) is 85.3 Å². The Balaban J connectivity index is 1.73. The largest absolute Gasteiger partial charge is 0.399 e. The predicted molar refractivity (Wildman–Crippen MR) is 152 cm³/mol. The molecule has 1 heterocycles. The summed E-state index contributed by atoms with van der Waals surface area (Å²) in [6.45, 7) is 2.06. The fourth-order valence-electron chi connectivity index (χ4n) is 5.17. The average molecular weight is 476 g/mol. The number of para-hydroxylation sites is 1. The highest BCUT2D eigenvalue weighted by Gasteiger charge is 2.21. The van der Waals surface area contributed by atoms with Gasteiger partial charge in [0, 0.05) is 47.6 Å². The lowest BCUT2D eigenvalue weighted by molar-refractivity contribution is 0.394. The molecule has 0 spiro atoms. The van der Waals surface area contributed by atoms with E-state index in [1.807, 2.05) is 24.3 Å². The Morgan fingerprint density at radius 2 is 1.36 bits per heavy atom. The lowest BCUT2D eigenvalue weighted by atomic mass is 9.94. The van der Waals surface area contributed by atoms with Gasteiger partial charge in [-0.25, -0.2) is 0 Å². The molecule has 36 heavy (non-hydrogen) atoms. The molecular formula is C32H35N4+. The normalized spacial score (nSPS) is 12.7. The highest BCUT2D eigenvalue weighted by atomic mass is 15.1. The zero-order chi connectivity index (χ0) is 25.1. The van der Waals surface area contributed by atoms with Crippen molar-refractivity contribution in [2.75, 3.05) is 38.7 Å². The van der Waals surface area contributed by atoms with Crippen LogP contribution in [-0.4, -0.2) is 32.1 Å². The van der Waals surface area contributed by atoms with Gasteiger partial charge < -0.3 is 16.4 Å². The molecule has 182 valence electrons. The van der Waals surface area contributed by atoms with E-state index in [1.54, 1.807) is 0 Å². The molecule has 4 nitrogen and oxygen atoms in total. The number of fused-ring (bicyclic) bond motifs is 2. The molecule has 4 aromatic rings. The van der Waals surface area contributed by atoms with Crippen molar-refractivity contribution in [3.05, 3.63) is 124 Å². The third-order valence-corrected chi connectivity index (χ3v) is 6.99. The summed E-state index contributed by atoms with van der Waals surface area (Å²) < 4.78 is 2.52. The number of anilines is 2. The highest BCUT2D eigenvalue weighted by molar-refractivity contribution is 5.80. The Labute approximate surface area is 213 Å². The number of nitrogens with zero attached hydrogens (tertiary/aromatic N) is 2. The van der Waals surface area contributed by atoms with E-state index in [0.717, 1.165) is 54.9 Å². The Bertz CT molecular complexity index is 1440. The number of rotatable bonds is 6. The molecule has 1 aliphatic heterocycles. The maximum Gasteiger partial charge on any atom is 0.208 e. The molecule has 5 rings (SSSR count). The van der Waals surface area contributed by atoms with Crippen LogP contribution < -0.4 is 26.6 Å². The van der Waals surface area contributed by atoms with Crippen LogP contribution in [0.15, 0.2) is 91.0 Å². The third kappa shape index (κ3) is 5.05. The molecule has 0 unspecified atom stereocenters. The summed E-state index contributed by atoms with van der Waals surface area (Å²) >= 11 is 0. The lowest BCUT2D eigenvalue weighted by Crippen LogP contribution is -2.31. The van der Waals surface area contributed by atoms with Crippen molar-refractivity contribution in [1.82, 2.24) is 9.48 Å². The van der Waals surface area contributed by atoms with Gasteiger partial charge in [0.15, 0.2) is 6.54 Å². The van der Waals surface area contributed by atoms with Crippen LogP contribution in [0.2, 0.25) is 0 Å².